The molecule has 172 valence electrons. The standard InChI is InChI=1S/C27H29Cl2N3O/c28-22-12-11-21(25(29)16-22)15-26(30)27(33)32-18-23(13-19-7-3-1-4-8-19)31-17-24(32)14-20-9-5-2-6-10-20/h1-12,16,23-24,26,31H,13-15,17-18,30H2/t23-,24+,26?/m1/s1. The summed E-state index contributed by atoms with van der Waals surface area (Å²) in [6.07, 6.45) is 2.02. The van der Waals surface area contributed by atoms with Crippen LogP contribution in [0.25, 0.3) is 0 Å². The first-order valence-corrected chi connectivity index (χ1v) is 12.1. The summed E-state index contributed by atoms with van der Waals surface area (Å²) in [4.78, 5) is 15.6. The number of nitrogens with two attached hydrogens (primary N) is 1. The van der Waals surface area contributed by atoms with Crippen LogP contribution < -0.4 is 11.1 Å². The second-order valence-corrected chi connectivity index (χ2v) is 9.52. The third-order valence-corrected chi connectivity index (χ3v) is 6.78. The van der Waals surface area contributed by atoms with Crippen molar-refractivity contribution < 1.29 is 4.79 Å². The average molecular weight is 482 g/mol. The summed E-state index contributed by atoms with van der Waals surface area (Å²) in [5.41, 5.74) is 9.73. The first-order chi connectivity index (χ1) is 16.0. The quantitative estimate of drug-likeness (QED) is 0.521. The molecule has 0 saturated carbocycles. The van der Waals surface area contributed by atoms with Gasteiger partial charge in [-0.2, -0.15) is 0 Å². The monoisotopic (exact) mass is 481 g/mol. The van der Waals surface area contributed by atoms with Crippen LogP contribution in [0.5, 0.6) is 0 Å². The fourth-order valence-electron chi connectivity index (χ4n) is 4.46. The number of amides is 1. The van der Waals surface area contributed by atoms with Gasteiger partial charge in [-0.3, -0.25) is 4.79 Å². The molecule has 0 aromatic heterocycles. The minimum atomic E-state index is -0.669. The van der Waals surface area contributed by atoms with Crippen molar-refractivity contribution in [3.63, 3.8) is 0 Å². The molecule has 1 aliphatic heterocycles. The first-order valence-electron chi connectivity index (χ1n) is 11.3. The number of nitrogens with zero attached hydrogens (tertiary/aromatic N) is 1. The molecule has 6 heteroatoms. The maximum Gasteiger partial charge on any atom is 0.240 e. The highest BCUT2D eigenvalue weighted by Crippen LogP contribution is 2.23. The SMILES string of the molecule is NC(Cc1ccc(Cl)cc1Cl)C(=O)N1C[C@@H](Cc2ccccc2)NC[C@@H]1Cc1ccccc1. The van der Waals surface area contributed by atoms with Gasteiger partial charge in [0.15, 0.2) is 0 Å². The van der Waals surface area contributed by atoms with Crippen LogP contribution in [-0.4, -0.2) is 42.0 Å². The number of hydrogen-bond donors (Lipinski definition) is 2. The molecule has 1 heterocycles. The van der Waals surface area contributed by atoms with Gasteiger partial charge in [0.05, 0.1) is 6.04 Å². The molecular formula is C27H29Cl2N3O. The number of piperazine rings is 1. The van der Waals surface area contributed by atoms with Crippen LogP contribution in [0.3, 0.4) is 0 Å². The predicted molar refractivity (Wildman–Crippen MR) is 136 cm³/mol. The summed E-state index contributed by atoms with van der Waals surface area (Å²) in [6.45, 7) is 1.35. The minimum absolute atomic E-state index is 0.0403. The molecule has 3 N–H and O–H groups in total. The van der Waals surface area contributed by atoms with Crippen molar-refractivity contribution in [1.82, 2.24) is 10.2 Å². The molecule has 4 rings (SSSR count). The van der Waals surface area contributed by atoms with E-state index in [1.165, 1.54) is 11.1 Å². The Morgan fingerprint density at radius 3 is 2.24 bits per heavy atom. The smallest absolute Gasteiger partial charge is 0.240 e. The number of benzene rings is 3. The van der Waals surface area contributed by atoms with Crippen LogP contribution in [0.1, 0.15) is 16.7 Å². The molecule has 33 heavy (non-hydrogen) atoms. The molecule has 1 fully saturated rings. The van der Waals surface area contributed by atoms with Crippen molar-refractivity contribution in [2.75, 3.05) is 13.1 Å². The lowest BCUT2D eigenvalue weighted by Gasteiger charge is -2.42. The topological polar surface area (TPSA) is 58.4 Å². The second kappa shape index (κ2) is 11.2. The maximum absolute atomic E-state index is 13.6. The van der Waals surface area contributed by atoms with Crippen molar-refractivity contribution in [2.24, 2.45) is 5.73 Å². The lowest BCUT2D eigenvalue weighted by molar-refractivity contribution is -0.136. The zero-order chi connectivity index (χ0) is 23.2. The van der Waals surface area contributed by atoms with Crippen molar-refractivity contribution in [2.45, 2.75) is 37.4 Å². The maximum atomic E-state index is 13.6. The zero-order valence-electron chi connectivity index (χ0n) is 18.5. The summed E-state index contributed by atoms with van der Waals surface area (Å²) >= 11 is 12.4. The van der Waals surface area contributed by atoms with Gasteiger partial charge in [0.2, 0.25) is 5.91 Å². The van der Waals surface area contributed by atoms with E-state index in [9.17, 15) is 4.79 Å². The van der Waals surface area contributed by atoms with E-state index in [1.807, 2.05) is 47.4 Å². The highest BCUT2D eigenvalue weighted by Gasteiger charge is 2.34. The summed E-state index contributed by atoms with van der Waals surface area (Å²) in [5.74, 6) is -0.0403. The lowest BCUT2D eigenvalue weighted by atomic mass is 9.96. The van der Waals surface area contributed by atoms with Gasteiger partial charge in [-0.25, -0.2) is 0 Å². The van der Waals surface area contributed by atoms with E-state index in [4.69, 9.17) is 28.9 Å². The number of carbonyl (C=O) groups excluding carboxylic acids is 1. The average Bonchev–Trinajstić information content (AvgIpc) is 2.82. The van der Waals surface area contributed by atoms with Gasteiger partial charge in [-0.1, -0.05) is 89.9 Å². The third kappa shape index (κ3) is 6.36. The van der Waals surface area contributed by atoms with Gasteiger partial charge >= 0.3 is 0 Å². The fraction of sp³-hybridized carbons (Fsp3) is 0.296. The Kier molecular flexibility index (Phi) is 8.05. The van der Waals surface area contributed by atoms with Gasteiger partial charge < -0.3 is 16.0 Å². The molecule has 4 nitrogen and oxygen atoms in total. The van der Waals surface area contributed by atoms with Crippen molar-refractivity contribution >= 4 is 29.1 Å². The van der Waals surface area contributed by atoms with Crippen LogP contribution in [0, 0.1) is 0 Å². The minimum Gasteiger partial charge on any atom is -0.335 e. The number of halogens is 2. The number of hydrogen-bond acceptors (Lipinski definition) is 3. The Morgan fingerprint density at radius 2 is 1.61 bits per heavy atom. The van der Waals surface area contributed by atoms with Crippen molar-refractivity contribution in [3.05, 3.63) is 106 Å². The number of carbonyl (C=O) groups is 1. The highest BCUT2D eigenvalue weighted by molar-refractivity contribution is 6.35. The molecule has 0 spiro atoms. The van der Waals surface area contributed by atoms with E-state index in [2.05, 4.69) is 29.6 Å². The molecule has 3 aromatic carbocycles. The van der Waals surface area contributed by atoms with Crippen LogP contribution in [0.15, 0.2) is 78.9 Å². The van der Waals surface area contributed by atoms with E-state index in [0.29, 0.717) is 23.0 Å². The number of nitrogens with one attached hydrogen (secondary N) is 1. The fourth-order valence-corrected chi connectivity index (χ4v) is 4.95. The Bertz CT molecular complexity index is 1060. The van der Waals surface area contributed by atoms with E-state index in [-0.39, 0.29) is 18.0 Å². The molecule has 0 bridgehead atoms. The van der Waals surface area contributed by atoms with E-state index in [1.54, 1.807) is 12.1 Å². The summed E-state index contributed by atoms with van der Waals surface area (Å²) < 4.78 is 0. The molecule has 1 unspecified atom stereocenters. The van der Waals surface area contributed by atoms with Crippen LogP contribution in [-0.2, 0) is 24.1 Å². The Hall–Kier alpha value is -2.37. The molecule has 0 radical (unpaired) electrons. The Labute approximate surface area is 205 Å². The van der Waals surface area contributed by atoms with Gasteiger partial charge in [0, 0.05) is 35.2 Å². The first kappa shape index (κ1) is 23.8. The van der Waals surface area contributed by atoms with Gasteiger partial charge in [0.1, 0.15) is 0 Å². The normalized spacial score (nSPS) is 19.3. The molecule has 0 aliphatic carbocycles. The van der Waals surface area contributed by atoms with E-state index < -0.39 is 6.04 Å². The third-order valence-electron chi connectivity index (χ3n) is 6.19. The largest absolute Gasteiger partial charge is 0.335 e. The summed E-state index contributed by atoms with van der Waals surface area (Å²) in [6, 6.07) is 25.5. The Morgan fingerprint density at radius 1 is 0.970 bits per heavy atom. The summed E-state index contributed by atoms with van der Waals surface area (Å²) in [7, 11) is 0. The van der Waals surface area contributed by atoms with Crippen molar-refractivity contribution in [1.29, 1.82) is 0 Å². The molecule has 1 aliphatic rings. The van der Waals surface area contributed by atoms with Crippen molar-refractivity contribution in [3.8, 4) is 0 Å². The molecular weight excluding hydrogens is 453 g/mol. The van der Waals surface area contributed by atoms with Gasteiger partial charge in [-0.15, -0.1) is 0 Å². The summed E-state index contributed by atoms with van der Waals surface area (Å²) in [5, 5.41) is 4.76. The van der Waals surface area contributed by atoms with Gasteiger partial charge in [-0.05, 0) is 48.1 Å². The van der Waals surface area contributed by atoms with Crippen LogP contribution >= 0.6 is 23.2 Å². The molecule has 3 atom stereocenters. The molecule has 1 amide bonds. The van der Waals surface area contributed by atoms with Crippen LogP contribution in [0.4, 0.5) is 0 Å². The second-order valence-electron chi connectivity index (χ2n) is 8.68. The highest BCUT2D eigenvalue weighted by atomic mass is 35.5. The predicted octanol–water partition coefficient (Wildman–Crippen LogP) is 4.52. The molecule has 1 saturated heterocycles. The van der Waals surface area contributed by atoms with Gasteiger partial charge in [0.25, 0.3) is 0 Å². The van der Waals surface area contributed by atoms with E-state index >= 15 is 0 Å². The van der Waals surface area contributed by atoms with Crippen LogP contribution in [0.2, 0.25) is 10.0 Å². The lowest BCUT2D eigenvalue weighted by Crippen LogP contribution is -2.62. The molecule has 3 aromatic rings. The Balaban J connectivity index is 1.50. The zero-order valence-corrected chi connectivity index (χ0v) is 20.0. The number of rotatable bonds is 7. The van der Waals surface area contributed by atoms with E-state index in [0.717, 1.165) is 24.9 Å².